The third-order valence-electron chi connectivity index (χ3n) is 13.3. The van der Waals surface area contributed by atoms with E-state index >= 15 is 0 Å². The molecule has 0 heterocycles. The minimum Gasteiger partial charge on any atom is -0.377 e. The lowest BCUT2D eigenvalue weighted by molar-refractivity contribution is -0.235. The van der Waals surface area contributed by atoms with Crippen LogP contribution >= 0.6 is 16.1 Å². The zero-order valence-electron chi connectivity index (χ0n) is 26.2. The van der Waals surface area contributed by atoms with E-state index < -0.39 is 0 Å². The van der Waals surface area contributed by atoms with Gasteiger partial charge in [0.05, 0.1) is 37.4 Å². The Balaban J connectivity index is 1.49. The first-order valence-corrected chi connectivity index (χ1v) is 17.1. The zero-order valence-corrected chi connectivity index (χ0v) is 27.8. The molecule has 5 aliphatic rings. The smallest absolute Gasteiger partial charge is 0.237 e. The van der Waals surface area contributed by atoms with Crippen LogP contribution in [0.25, 0.3) is 9.69 Å². The Hall–Kier alpha value is -1.21. The van der Waals surface area contributed by atoms with Crippen LogP contribution in [0.1, 0.15) is 85.0 Å². The largest absolute Gasteiger partial charge is 0.377 e. The number of rotatable bonds is 11. The van der Waals surface area contributed by atoms with Crippen LogP contribution in [0.4, 0.5) is 0 Å². The second kappa shape index (κ2) is 13.0. The fourth-order valence-corrected chi connectivity index (χ4v) is 11.9. The summed E-state index contributed by atoms with van der Waals surface area (Å²) in [4.78, 5) is 7.13. The minimum atomic E-state index is 0.0275. The third-order valence-corrected chi connectivity index (χ3v) is 13.7. The Bertz CT molecular complexity index is 1080. The van der Waals surface area contributed by atoms with Gasteiger partial charge in [0.1, 0.15) is 13.2 Å². The van der Waals surface area contributed by atoms with Gasteiger partial charge in [0.15, 0.2) is 0 Å². The summed E-state index contributed by atoms with van der Waals surface area (Å²) >= 11 is 3.81. The molecule has 12 unspecified atom stereocenters. The predicted molar refractivity (Wildman–Crippen MR) is 166 cm³/mol. The van der Waals surface area contributed by atoms with Crippen molar-refractivity contribution >= 4 is 16.1 Å². The summed E-state index contributed by atoms with van der Waals surface area (Å²) in [5.41, 5.74) is 0.452. The van der Waals surface area contributed by atoms with Gasteiger partial charge in [-0.15, -0.1) is 0 Å². The van der Waals surface area contributed by atoms with E-state index in [1.165, 1.54) is 25.7 Å². The van der Waals surface area contributed by atoms with E-state index in [4.69, 9.17) is 27.4 Å². The number of ether oxygens (including phenoxy) is 3. The molecule has 0 saturated heterocycles. The Morgan fingerprint density at radius 2 is 1.60 bits per heavy atom. The fourth-order valence-electron chi connectivity index (χ4n) is 11.2. The highest BCUT2D eigenvalue weighted by Gasteiger charge is 2.69. The number of halogens is 1. The Kier molecular flexibility index (Phi) is 9.99. The van der Waals surface area contributed by atoms with Crippen molar-refractivity contribution in [3.63, 3.8) is 0 Å². The lowest BCUT2D eigenvalue weighted by Gasteiger charge is -2.66. The quantitative estimate of drug-likeness (QED) is 0.136. The number of nitriles is 1. The molecule has 0 N–H and O–H groups in total. The SMILES string of the molecule is [C-]#[N+]CCOC1CCC2(C)C(C1)CC(OCCC#N)C1C2CC(OCC[N+]#[C-])C2(C)C1CCC2C1(C)CCC1N(C)Br. The van der Waals surface area contributed by atoms with Crippen molar-refractivity contribution < 1.29 is 14.2 Å². The van der Waals surface area contributed by atoms with Gasteiger partial charge in [0, 0.05) is 27.6 Å². The van der Waals surface area contributed by atoms with Gasteiger partial charge < -0.3 is 23.9 Å². The number of fused-ring (bicyclic) bond motifs is 5. The lowest BCUT2D eigenvalue weighted by Crippen LogP contribution is -2.65. The molecule has 0 amide bonds. The van der Waals surface area contributed by atoms with Crippen LogP contribution < -0.4 is 0 Å². The molecule has 0 aromatic rings. The van der Waals surface area contributed by atoms with Crippen LogP contribution in [0.2, 0.25) is 0 Å². The first kappa shape index (κ1) is 32.2. The molecular weight excluding hydrogens is 592 g/mol. The maximum Gasteiger partial charge on any atom is 0.237 e. The normalized spacial score (nSPS) is 45.9. The average molecular weight is 644 g/mol. The van der Waals surface area contributed by atoms with E-state index in [9.17, 15) is 5.26 Å². The highest BCUT2D eigenvalue weighted by molar-refractivity contribution is 9.07. The van der Waals surface area contributed by atoms with Crippen molar-refractivity contribution in [2.75, 3.05) is 40.0 Å². The van der Waals surface area contributed by atoms with Crippen LogP contribution in [0.5, 0.6) is 0 Å². The Morgan fingerprint density at radius 3 is 2.24 bits per heavy atom. The molecule has 5 aliphatic carbocycles. The van der Waals surface area contributed by atoms with Crippen molar-refractivity contribution in [3.8, 4) is 6.07 Å². The van der Waals surface area contributed by atoms with Crippen molar-refractivity contribution in [1.82, 2.24) is 3.93 Å². The highest BCUT2D eigenvalue weighted by Crippen LogP contribution is 2.72. The maximum absolute atomic E-state index is 9.34. The van der Waals surface area contributed by atoms with Crippen LogP contribution in [0.3, 0.4) is 0 Å². The second-order valence-corrected chi connectivity index (χ2v) is 15.9. The van der Waals surface area contributed by atoms with Gasteiger partial charge in [-0.1, -0.05) is 20.8 Å². The molecule has 5 rings (SSSR count). The van der Waals surface area contributed by atoms with Gasteiger partial charge in [0.25, 0.3) is 0 Å². The summed E-state index contributed by atoms with van der Waals surface area (Å²) in [5, 5.41) is 9.34. The summed E-state index contributed by atoms with van der Waals surface area (Å²) in [6.07, 6.45) is 11.1. The van der Waals surface area contributed by atoms with Crippen molar-refractivity contribution in [2.24, 2.45) is 45.8 Å². The molecule has 0 bridgehead atoms. The van der Waals surface area contributed by atoms with Gasteiger partial charge in [-0.05, 0) is 105 Å². The summed E-state index contributed by atoms with van der Waals surface area (Å²) in [5.74, 6) is 2.52. The minimum absolute atomic E-state index is 0.0275. The second-order valence-electron chi connectivity index (χ2n) is 14.8. The first-order valence-electron chi connectivity index (χ1n) is 16.4. The molecule has 0 spiro atoms. The molecule has 12 atom stereocenters. The first-order chi connectivity index (χ1) is 20.1. The lowest BCUT2D eigenvalue weighted by atomic mass is 9.41. The van der Waals surface area contributed by atoms with Gasteiger partial charge in [-0.25, -0.2) is 17.1 Å². The van der Waals surface area contributed by atoms with E-state index in [-0.39, 0.29) is 34.6 Å². The van der Waals surface area contributed by atoms with Crippen molar-refractivity contribution in [1.29, 1.82) is 5.26 Å². The predicted octanol–water partition coefficient (Wildman–Crippen LogP) is 7.18. The standard InChI is InChI=1S/C34H51BrN4O3/c1-32-12-10-24(40-18-15-37-4)20-23(32)21-27(41-17-7-14-36)31-25-8-9-28(33(2)13-11-29(33)39(6)35)34(25,3)30(22-26(31)32)42-19-16-38-5/h23-31H,7-13,15-22H2,1-3,6H3. The van der Waals surface area contributed by atoms with Crippen LogP contribution in [0, 0.1) is 70.3 Å². The summed E-state index contributed by atoms with van der Waals surface area (Å²) in [6.45, 7) is 24.6. The molecule has 0 aromatic heterocycles. The van der Waals surface area contributed by atoms with Gasteiger partial charge in [-0.2, -0.15) is 5.26 Å². The summed E-state index contributed by atoms with van der Waals surface area (Å²) in [6, 6.07) is 2.83. The molecule has 0 aromatic carbocycles. The van der Waals surface area contributed by atoms with Gasteiger partial charge >= 0.3 is 0 Å². The zero-order chi connectivity index (χ0) is 30.1. The number of nitrogens with zero attached hydrogens (tertiary/aromatic N) is 4. The molecular formula is C34H51BrN4O3. The number of hydrogen-bond donors (Lipinski definition) is 0. The molecule has 8 heteroatoms. The maximum atomic E-state index is 9.34. The van der Waals surface area contributed by atoms with Gasteiger partial charge in [-0.3, -0.25) is 0 Å². The van der Waals surface area contributed by atoms with Crippen LogP contribution in [-0.2, 0) is 14.2 Å². The van der Waals surface area contributed by atoms with Gasteiger partial charge in [0.2, 0.25) is 13.1 Å². The molecule has 7 nitrogen and oxygen atoms in total. The Morgan fingerprint density at radius 1 is 0.881 bits per heavy atom. The third kappa shape index (κ3) is 5.45. The van der Waals surface area contributed by atoms with Crippen molar-refractivity contribution in [2.45, 2.75) is 109 Å². The van der Waals surface area contributed by atoms with Crippen molar-refractivity contribution in [3.05, 3.63) is 22.8 Å². The van der Waals surface area contributed by atoms with E-state index in [0.29, 0.717) is 75.0 Å². The topological polar surface area (TPSA) is 63.4 Å². The molecule has 5 fully saturated rings. The monoisotopic (exact) mass is 642 g/mol. The fraction of sp³-hybridized carbons (Fsp3) is 0.912. The highest BCUT2D eigenvalue weighted by atomic mass is 79.9. The van der Waals surface area contributed by atoms with Crippen LogP contribution in [0.15, 0.2) is 0 Å². The van der Waals surface area contributed by atoms with Crippen LogP contribution in [-0.4, -0.2) is 68.2 Å². The molecule has 0 aliphatic heterocycles. The van der Waals surface area contributed by atoms with E-state index in [1.807, 2.05) is 0 Å². The Labute approximate surface area is 263 Å². The van der Waals surface area contributed by atoms with E-state index in [2.05, 4.69) is 63.7 Å². The number of hydrogen-bond acceptors (Lipinski definition) is 5. The molecule has 232 valence electrons. The van der Waals surface area contributed by atoms with E-state index in [1.54, 1.807) is 0 Å². The average Bonchev–Trinajstić information content (AvgIpc) is 3.31. The summed E-state index contributed by atoms with van der Waals surface area (Å²) < 4.78 is 22.0. The molecule has 5 saturated carbocycles. The van der Waals surface area contributed by atoms with E-state index in [0.717, 1.165) is 32.1 Å². The molecule has 42 heavy (non-hydrogen) atoms. The summed E-state index contributed by atoms with van der Waals surface area (Å²) in [7, 11) is 2.17. The molecule has 0 radical (unpaired) electrons.